The molecule has 0 aliphatic carbocycles. The summed E-state index contributed by atoms with van der Waals surface area (Å²) < 4.78 is 10.8. The number of hydrogen-bond acceptors (Lipinski definition) is 5. The third-order valence-corrected chi connectivity index (χ3v) is 3.55. The van der Waals surface area contributed by atoms with Gasteiger partial charge in [0, 0.05) is 23.0 Å². The van der Waals surface area contributed by atoms with Crippen LogP contribution in [0.2, 0.25) is 0 Å². The average molecular weight is 294 g/mol. The zero-order valence-electron chi connectivity index (χ0n) is 12.0. The summed E-state index contributed by atoms with van der Waals surface area (Å²) in [5, 5.41) is 0. The number of nitrogen functional groups attached to an aromatic ring is 1. The van der Waals surface area contributed by atoms with Crippen LogP contribution in [0.25, 0.3) is 22.5 Å². The molecular formula is C16H14N4O2. The fourth-order valence-electron chi connectivity index (χ4n) is 2.55. The Morgan fingerprint density at radius 3 is 2.82 bits per heavy atom. The number of aryl methyl sites for hydroxylation is 1. The Morgan fingerprint density at radius 2 is 1.95 bits per heavy atom. The number of nitrogens with one attached hydrogen (secondary N) is 1. The van der Waals surface area contributed by atoms with Crippen molar-refractivity contribution in [2.45, 2.75) is 6.92 Å². The van der Waals surface area contributed by atoms with Crippen molar-refractivity contribution in [3.8, 4) is 34.0 Å². The highest BCUT2D eigenvalue weighted by molar-refractivity contribution is 5.80. The van der Waals surface area contributed by atoms with Crippen molar-refractivity contribution in [2.24, 2.45) is 0 Å². The van der Waals surface area contributed by atoms with Crippen molar-refractivity contribution in [1.29, 1.82) is 0 Å². The van der Waals surface area contributed by atoms with Crippen LogP contribution in [-0.4, -0.2) is 21.7 Å². The number of anilines is 1. The lowest BCUT2D eigenvalue weighted by Crippen LogP contribution is -1.92. The molecule has 0 saturated heterocycles. The van der Waals surface area contributed by atoms with Crippen molar-refractivity contribution in [3.05, 3.63) is 42.2 Å². The zero-order chi connectivity index (χ0) is 15.1. The van der Waals surface area contributed by atoms with Crippen LogP contribution < -0.4 is 15.2 Å². The maximum atomic E-state index is 5.87. The molecule has 6 heteroatoms. The molecule has 22 heavy (non-hydrogen) atoms. The minimum absolute atomic E-state index is 0.248. The SMILES string of the molecule is Cc1cc(-c2[nH]c(N)nc2-c2ccc3c(c2)OCO3)ccn1. The monoisotopic (exact) mass is 294 g/mol. The molecule has 0 atom stereocenters. The molecule has 0 unspecified atom stereocenters. The maximum Gasteiger partial charge on any atom is 0.231 e. The Kier molecular flexibility index (Phi) is 2.75. The third-order valence-electron chi connectivity index (χ3n) is 3.55. The lowest BCUT2D eigenvalue weighted by Gasteiger charge is -2.05. The van der Waals surface area contributed by atoms with Crippen LogP contribution in [-0.2, 0) is 0 Å². The second-order valence-corrected chi connectivity index (χ2v) is 5.10. The van der Waals surface area contributed by atoms with E-state index >= 15 is 0 Å². The topological polar surface area (TPSA) is 86.1 Å². The van der Waals surface area contributed by atoms with Gasteiger partial charge in [0.1, 0.15) is 0 Å². The molecule has 1 aliphatic rings. The number of fused-ring (bicyclic) bond motifs is 1. The quantitative estimate of drug-likeness (QED) is 0.759. The number of ether oxygens (including phenoxy) is 2. The van der Waals surface area contributed by atoms with E-state index in [1.165, 1.54) is 0 Å². The van der Waals surface area contributed by atoms with E-state index in [1.807, 2.05) is 37.3 Å². The fraction of sp³-hybridized carbons (Fsp3) is 0.125. The molecule has 1 aromatic carbocycles. The van der Waals surface area contributed by atoms with Crippen LogP contribution >= 0.6 is 0 Å². The van der Waals surface area contributed by atoms with Crippen molar-refractivity contribution in [2.75, 3.05) is 12.5 Å². The van der Waals surface area contributed by atoms with Gasteiger partial charge in [-0.05, 0) is 37.3 Å². The largest absolute Gasteiger partial charge is 0.454 e. The number of aromatic nitrogens is 3. The van der Waals surface area contributed by atoms with Gasteiger partial charge >= 0.3 is 0 Å². The van der Waals surface area contributed by atoms with Gasteiger partial charge in [-0.15, -0.1) is 0 Å². The molecular weight excluding hydrogens is 280 g/mol. The summed E-state index contributed by atoms with van der Waals surface area (Å²) in [4.78, 5) is 11.8. The Balaban J connectivity index is 1.86. The van der Waals surface area contributed by atoms with E-state index < -0.39 is 0 Å². The molecule has 3 N–H and O–H groups in total. The molecule has 110 valence electrons. The number of imidazole rings is 1. The first kappa shape index (κ1) is 12.7. The predicted octanol–water partition coefficient (Wildman–Crippen LogP) is 2.76. The number of aromatic amines is 1. The van der Waals surface area contributed by atoms with Gasteiger partial charge in [0.15, 0.2) is 17.4 Å². The maximum absolute atomic E-state index is 5.87. The number of rotatable bonds is 2. The Morgan fingerprint density at radius 1 is 1.09 bits per heavy atom. The molecule has 0 fully saturated rings. The highest BCUT2D eigenvalue weighted by Gasteiger charge is 2.18. The van der Waals surface area contributed by atoms with Gasteiger partial charge in [-0.3, -0.25) is 4.98 Å². The van der Waals surface area contributed by atoms with Crippen molar-refractivity contribution in [1.82, 2.24) is 15.0 Å². The summed E-state index contributed by atoms with van der Waals surface area (Å²) in [6.07, 6.45) is 1.77. The van der Waals surface area contributed by atoms with E-state index in [2.05, 4.69) is 15.0 Å². The molecule has 0 amide bonds. The van der Waals surface area contributed by atoms with Gasteiger partial charge in [-0.1, -0.05) is 0 Å². The summed E-state index contributed by atoms with van der Waals surface area (Å²) in [6, 6.07) is 9.65. The smallest absolute Gasteiger partial charge is 0.231 e. The van der Waals surface area contributed by atoms with Crippen LogP contribution in [0, 0.1) is 6.92 Å². The Labute approximate surface area is 126 Å². The van der Waals surface area contributed by atoms with Gasteiger partial charge in [0.2, 0.25) is 6.79 Å². The van der Waals surface area contributed by atoms with Crippen molar-refractivity contribution in [3.63, 3.8) is 0 Å². The fourth-order valence-corrected chi connectivity index (χ4v) is 2.55. The second kappa shape index (κ2) is 4.77. The van der Waals surface area contributed by atoms with E-state index in [4.69, 9.17) is 15.2 Å². The number of nitrogens with two attached hydrogens (primary N) is 1. The highest BCUT2D eigenvalue weighted by atomic mass is 16.7. The highest BCUT2D eigenvalue weighted by Crippen LogP contribution is 2.38. The van der Waals surface area contributed by atoms with Gasteiger partial charge in [-0.2, -0.15) is 0 Å². The summed E-state index contributed by atoms with van der Waals surface area (Å²) in [5.74, 6) is 1.83. The van der Waals surface area contributed by atoms with Gasteiger partial charge in [0.25, 0.3) is 0 Å². The van der Waals surface area contributed by atoms with Gasteiger partial charge in [0.05, 0.1) is 11.4 Å². The minimum Gasteiger partial charge on any atom is -0.454 e. The van der Waals surface area contributed by atoms with Crippen LogP contribution in [0.4, 0.5) is 5.95 Å². The second-order valence-electron chi connectivity index (χ2n) is 5.10. The van der Waals surface area contributed by atoms with Crippen LogP contribution in [0.1, 0.15) is 5.69 Å². The third kappa shape index (κ3) is 2.05. The first-order chi connectivity index (χ1) is 10.7. The summed E-state index contributed by atoms with van der Waals surface area (Å²) >= 11 is 0. The first-order valence-electron chi connectivity index (χ1n) is 6.89. The molecule has 0 bridgehead atoms. The van der Waals surface area contributed by atoms with E-state index in [-0.39, 0.29) is 6.79 Å². The standard InChI is InChI=1S/C16H14N4O2/c1-9-6-11(4-5-18-9)15-14(19-16(17)20-15)10-2-3-12-13(7-10)22-8-21-12/h2-7H,8H2,1H3,(H3,17,19,20). The van der Waals surface area contributed by atoms with Crippen LogP contribution in [0.5, 0.6) is 11.5 Å². The molecule has 2 aromatic heterocycles. The molecule has 6 nitrogen and oxygen atoms in total. The number of H-pyrrole nitrogens is 1. The zero-order valence-corrected chi connectivity index (χ0v) is 12.0. The predicted molar refractivity (Wildman–Crippen MR) is 82.5 cm³/mol. The Hall–Kier alpha value is -3.02. The van der Waals surface area contributed by atoms with E-state index in [9.17, 15) is 0 Å². The Bertz CT molecular complexity index is 857. The molecule has 4 rings (SSSR count). The number of nitrogens with zero attached hydrogens (tertiary/aromatic N) is 2. The normalized spacial score (nSPS) is 12.6. The lowest BCUT2D eigenvalue weighted by atomic mass is 10.0. The summed E-state index contributed by atoms with van der Waals surface area (Å²) in [5.41, 5.74) is 10.3. The van der Waals surface area contributed by atoms with Crippen LogP contribution in [0.15, 0.2) is 36.5 Å². The van der Waals surface area contributed by atoms with Gasteiger partial charge in [-0.25, -0.2) is 4.98 Å². The molecule has 1 aliphatic heterocycles. The molecule has 0 saturated carbocycles. The van der Waals surface area contributed by atoms with E-state index in [0.29, 0.717) is 5.95 Å². The molecule has 3 aromatic rings. The summed E-state index contributed by atoms with van der Waals surface area (Å²) in [7, 11) is 0. The van der Waals surface area contributed by atoms with E-state index in [1.54, 1.807) is 6.20 Å². The first-order valence-corrected chi connectivity index (χ1v) is 6.89. The van der Waals surface area contributed by atoms with Gasteiger partial charge < -0.3 is 20.2 Å². The summed E-state index contributed by atoms with van der Waals surface area (Å²) in [6.45, 7) is 2.20. The minimum atomic E-state index is 0.248. The van der Waals surface area contributed by atoms with Crippen LogP contribution in [0.3, 0.4) is 0 Å². The van der Waals surface area contributed by atoms with Crippen molar-refractivity contribution >= 4 is 5.95 Å². The van der Waals surface area contributed by atoms with E-state index in [0.717, 1.165) is 39.7 Å². The average Bonchev–Trinajstić information content (AvgIpc) is 3.12. The van der Waals surface area contributed by atoms with Crippen molar-refractivity contribution < 1.29 is 9.47 Å². The number of hydrogen-bond donors (Lipinski definition) is 2. The number of pyridine rings is 1. The molecule has 3 heterocycles. The lowest BCUT2D eigenvalue weighted by molar-refractivity contribution is 0.174. The molecule has 0 spiro atoms. The number of benzene rings is 1. The molecule has 0 radical (unpaired) electrons.